The number of unbranched alkanes of at least 4 members (excludes halogenated alkanes) is 2. The van der Waals surface area contributed by atoms with Gasteiger partial charge in [-0.2, -0.15) is 0 Å². The van der Waals surface area contributed by atoms with E-state index in [1.54, 1.807) is 0 Å². The van der Waals surface area contributed by atoms with Crippen LogP contribution in [0.4, 0.5) is 0 Å². The van der Waals surface area contributed by atoms with Gasteiger partial charge in [-0.1, -0.05) is 50.1 Å². The van der Waals surface area contributed by atoms with Crippen LogP contribution >= 0.6 is 0 Å². The largest absolute Gasteiger partial charge is 0.290 e. The van der Waals surface area contributed by atoms with E-state index in [1.165, 1.54) is 55.6 Å². The molecule has 0 fully saturated rings. The molecule has 0 heterocycles. The van der Waals surface area contributed by atoms with Crippen molar-refractivity contribution in [2.45, 2.75) is 32.6 Å². The number of carbonyl (C=O) groups excluding carboxylic acids is 2. The first-order chi connectivity index (χ1) is 9.22. The van der Waals surface area contributed by atoms with Gasteiger partial charge in [0.25, 0.3) is 0 Å². The second kappa shape index (κ2) is 9.03. The molecule has 0 saturated carbocycles. The van der Waals surface area contributed by atoms with E-state index in [-0.39, 0.29) is 11.6 Å². The fourth-order valence-electron chi connectivity index (χ4n) is 1.66. The normalized spacial score (nSPS) is 13.1. The van der Waals surface area contributed by atoms with Crippen LogP contribution in [0.3, 0.4) is 0 Å². The molecule has 0 spiro atoms. The summed E-state index contributed by atoms with van der Waals surface area (Å²) in [4.78, 5) is 20.6. The van der Waals surface area contributed by atoms with E-state index in [9.17, 15) is 9.59 Å². The van der Waals surface area contributed by atoms with Crippen molar-refractivity contribution < 1.29 is 9.59 Å². The average molecular weight is 256 g/mol. The smallest absolute Gasteiger partial charge is 0.178 e. The first kappa shape index (κ1) is 15.1. The van der Waals surface area contributed by atoms with Crippen molar-refractivity contribution in [1.82, 2.24) is 0 Å². The van der Waals surface area contributed by atoms with Crippen LogP contribution in [0.5, 0.6) is 0 Å². The maximum absolute atomic E-state index is 10.3. The average Bonchev–Trinajstić information content (AvgIpc) is 2.44. The molecule has 1 aromatic rings. The number of rotatable bonds is 4. The number of allylic oxidation sites excluding steroid dienone is 4. The predicted octanol–water partition coefficient (Wildman–Crippen LogP) is 3.67. The van der Waals surface area contributed by atoms with Crippen LogP contribution in [0.1, 0.15) is 31.7 Å². The summed E-state index contributed by atoms with van der Waals surface area (Å²) >= 11 is 0. The summed E-state index contributed by atoms with van der Waals surface area (Å²) in [5.74, 6) is -0.241. The minimum absolute atomic E-state index is 0.121. The number of ketones is 2. The van der Waals surface area contributed by atoms with E-state index in [1.807, 2.05) is 0 Å². The zero-order valence-electron chi connectivity index (χ0n) is 11.3. The van der Waals surface area contributed by atoms with Crippen LogP contribution in [-0.2, 0) is 16.0 Å². The summed E-state index contributed by atoms with van der Waals surface area (Å²) in [6.07, 6.45) is 10.3. The van der Waals surface area contributed by atoms with Gasteiger partial charge in [0.05, 0.1) is 0 Å². The van der Waals surface area contributed by atoms with Gasteiger partial charge in [0.2, 0.25) is 0 Å². The molecule has 1 aliphatic carbocycles. The number of aryl methyl sites for hydroxylation is 1. The first-order valence-electron chi connectivity index (χ1n) is 6.70. The molecule has 0 unspecified atom stereocenters. The highest BCUT2D eigenvalue weighted by Crippen LogP contribution is 2.05. The molecule has 0 aromatic heterocycles. The third kappa shape index (κ3) is 7.14. The Hall–Kier alpha value is -1.96. The molecule has 1 aliphatic rings. The topological polar surface area (TPSA) is 34.1 Å². The monoisotopic (exact) mass is 256 g/mol. The van der Waals surface area contributed by atoms with Crippen LogP contribution in [-0.4, -0.2) is 11.6 Å². The fourth-order valence-corrected chi connectivity index (χ4v) is 1.66. The van der Waals surface area contributed by atoms with E-state index >= 15 is 0 Å². The van der Waals surface area contributed by atoms with Crippen LogP contribution < -0.4 is 0 Å². The molecule has 0 aliphatic heterocycles. The lowest BCUT2D eigenvalue weighted by molar-refractivity contribution is -0.113. The molecule has 2 rings (SSSR count). The Bertz CT molecular complexity index is 417. The predicted molar refractivity (Wildman–Crippen MR) is 78.0 cm³/mol. The van der Waals surface area contributed by atoms with Gasteiger partial charge in [-0.05, 0) is 42.7 Å². The molecule has 0 bridgehead atoms. The summed E-state index contributed by atoms with van der Waals surface area (Å²) in [6.45, 7) is 2.24. The molecule has 0 amide bonds. The molecule has 0 saturated heterocycles. The summed E-state index contributed by atoms with van der Waals surface area (Å²) < 4.78 is 0. The van der Waals surface area contributed by atoms with Crippen molar-refractivity contribution in [1.29, 1.82) is 0 Å². The van der Waals surface area contributed by atoms with Crippen molar-refractivity contribution in [3.63, 3.8) is 0 Å². The Morgan fingerprint density at radius 3 is 1.79 bits per heavy atom. The van der Waals surface area contributed by atoms with Crippen molar-refractivity contribution >= 4 is 11.6 Å². The molecule has 2 heteroatoms. The van der Waals surface area contributed by atoms with Crippen LogP contribution in [0, 0.1) is 0 Å². The summed E-state index contributed by atoms with van der Waals surface area (Å²) in [5, 5.41) is 0. The lowest BCUT2D eigenvalue weighted by Crippen LogP contribution is -1.97. The van der Waals surface area contributed by atoms with E-state index in [4.69, 9.17) is 0 Å². The zero-order chi connectivity index (χ0) is 13.9. The molecule has 100 valence electrons. The lowest BCUT2D eigenvalue weighted by Gasteiger charge is -1.98. The molecular weight excluding hydrogens is 236 g/mol. The summed E-state index contributed by atoms with van der Waals surface area (Å²) in [7, 11) is 0. The van der Waals surface area contributed by atoms with E-state index in [0.717, 1.165) is 0 Å². The Labute approximate surface area is 114 Å². The molecule has 0 radical (unpaired) electrons. The highest BCUT2D eigenvalue weighted by molar-refractivity contribution is 6.14. The first-order valence-corrected chi connectivity index (χ1v) is 6.70. The summed E-state index contributed by atoms with van der Waals surface area (Å²) in [5.41, 5.74) is 1.47. The summed E-state index contributed by atoms with van der Waals surface area (Å²) in [6, 6.07) is 10.7. The lowest BCUT2D eigenvalue weighted by atomic mass is 10.1. The van der Waals surface area contributed by atoms with Gasteiger partial charge < -0.3 is 0 Å². The molecule has 0 atom stereocenters. The third-order valence-corrected chi connectivity index (χ3v) is 2.74. The minimum Gasteiger partial charge on any atom is -0.290 e. The van der Waals surface area contributed by atoms with Gasteiger partial charge in [-0.25, -0.2) is 0 Å². The molecule has 19 heavy (non-hydrogen) atoms. The van der Waals surface area contributed by atoms with Crippen molar-refractivity contribution in [3.05, 3.63) is 60.2 Å². The Morgan fingerprint density at radius 1 is 0.789 bits per heavy atom. The SMILES string of the molecule is CCCCCc1ccccc1.O=C1C=CC(=O)C=C1. The van der Waals surface area contributed by atoms with Crippen molar-refractivity contribution in [2.75, 3.05) is 0 Å². The quantitative estimate of drug-likeness (QED) is 0.608. The molecular formula is C17H20O2. The van der Waals surface area contributed by atoms with Crippen molar-refractivity contribution in [3.8, 4) is 0 Å². The Kier molecular flexibility index (Phi) is 7.18. The van der Waals surface area contributed by atoms with Gasteiger partial charge in [0.15, 0.2) is 11.6 Å². The Morgan fingerprint density at radius 2 is 1.32 bits per heavy atom. The van der Waals surface area contributed by atoms with Gasteiger partial charge in [-0.15, -0.1) is 0 Å². The number of hydrogen-bond acceptors (Lipinski definition) is 2. The van der Waals surface area contributed by atoms with Gasteiger partial charge in [-0.3, -0.25) is 9.59 Å². The second-order valence-corrected chi connectivity index (χ2v) is 4.41. The highest BCUT2D eigenvalue weighted by atomic mass is 16.1. The van der Waals surface area contributed by atoms with E-state index in [2.05, 4.69) is 37.3 Å². The zero-order valence-corrected chi connectivity index (χ0v) is 11.3. The number of carbonyl (C=O) groups is 2. The van der Waals surface area contributed by atoms with Crippen molar-refractivity contribution in [2.24, 2.45) is 0 Å². The Balaban J connectivity index is 0.000000200. The maximum Gasteiger partial charge on any atom is 0.178 e. The van der Waals surface area contributed by atoms with Gasteiger partial charge in [0.1, 0.15) is 0 Å². The van der Waals surface area contributed by atoms with Gasteiger partial charge >= 0.3 is 0 Å². The maximum atomic E-state index is 10.3. The number of benzene rings is 1. The van der Waals surface area contributed by atoms with Crippen LogP contribution in [0.2, 0.25) is 0 Å². The third-order valence-electron chi connectivity index (χ3n) is 2.74. The molecule has 2 nitrogen and oxygen atoms in total. The minimum atomic E-state index is -0.121. The molecule has 0 N–H and O–H groups in total. The highest BCUT2D eigenvalue weighted by Gasteiger charge is 1.97. The van der Waals surface area contributed by atoms with E-state index in [0.29, 0.717) is 0 Å². The van der Waals surface area contributed by atoms with Gasteiger partial charge in [0, 0.05) is 0 Å². The van der Waals surface area contributed by atoms with E-state index < -0.39 is 0 Å². The number of hydrogen-bond donors (Lipinski definition) is 0. The fraction of sp³-hybridized carbons (Fsp3) is 0.294. The molecule has 1 aromatic carbocycles. The van der Waals surface area contributed by atoms with Crippen LogP contribution in [0.25, 0.3) is 0 Å². The standard InChI is InChI=1S/C11H16.C6H4O2/c1-2-3-5-8-11-9-6-4-7-10-11;7-5-1-2-6(8)4-3-5/h4,6-7,9-10H,2-3,5,8H2,1H3;1-4H. The van der Waals surface area contributed by atoms with Crippen LogP contribution in [0.15, 0.2) is 54.6 Å². The second-order valence-electron chi connectivity index (χ2n) is 4.41.